The molecule has 0 aliphatic carbocycles. The monoisotopic (exact) mass is 590 g/mol. The van der Waals surface area contributed by atoms with Crippen molar-refractivity contribution in [3.8, 4) is 11.5 Å². The Labute approximate surface area is 233 Å². The molecule has 1 aliphatic rings. The molecule has 1 N–H and O–H groups in total. The highest BCUT2D eigenvalue weighted by Crippen LogP contribution is 2.41. The molecule has 1 saturated heterocycles. The summed E-state index contributed by atoms with van der Waals surface area (Å²) in [5.74, 6) is -2.48. The first-order valence-corrected chi connectivity index (χ1v) is 11.8. The summed E-state index contributed by atoms with van der Waals surface area (Å²) in [5, 5.41) is 24.4. The molecule has 12 nitrogen and oxygen atoms in total. The highest BCUT2D eigenvalue weighted by atomic mass is 35.5. The molecule has 39 heavy (non-hydrogen) atoms. The van der Waals surface area contributed by atoms with Crippen LogP contribution in [0.4, 0.5) is 21.9 Å². The van der Waals surface area contributed by atoms with Gasteiger partial charge in [0.25, 0.3) is 17.5 Å². The minimum absolute atomic E-state index is 0.158. The van der Waals surface area contributed by atoms with E-state index in [0.717, 1.165) is 29.2 Å². The number of carbonyl (C=O) groups excluding carboxylic acids is 3. The molecule has 3 aromatic carbocycles. The first-order chi connectivity index (χ1) is 18.4. The fourth-order valence-electron chi connectivity index (χ4n) is 3.58. The number of anilines is 1. The summed E-state index contributed by atoms with van der Waals surface area (Å²) in [6.45, 7) is 1.65. The van der Waals surface area contributed by atoms with Crippen molar-refractivity contribution in [2.45, 2.75) is 6.92 Å². The number of nitro benzene ring substituents is 2. The average molecular weight is 592 g/mol. The van der Waals surface area contributed by atoms with Gasteiger partial charge in [-0.25, -0.2) is 9.69 Å². The number of non-ortho nitro benzene ring substituents is 1. The Kier molecular flexibility index (Phi) is 7.54. The summed E-state index contributed by atoms with van der Waals surface area (Å²) < 4.78 is 5.51. The number of nitro groups is 2. The number of nitrogens with one attached hydrogen (secondary N) is 1. The van der Waals surface area contributed by atoms with Crippen molar-refractivity contribution in [1.82, 2.24) is 5.32 Å². The molecule has 0 bridgehead atoms. The molecular formula is C24H13Cl3N4O8. The maximum atomic E-state index is 13.2. The number of hydrogen-bond acceptors (Lipinski definition) is 8. The summed E-state index contributed by atoms with van der Waals surface area (Å²) >= 11 is 18.6. The second-order valence-electron chi connectivity index (χ2n) is 7.97. The fraction of sp³-hybridized carbons (Fsp3) is 0.0417. The number of carbonyl (C=O) groups is 3. The van der Waals surface area contributed by atoms with Crippen molar-refractivity contribution in [2.24, 2.45) is 0 Å². The van der Waals surface area contributed by atoms with Gasteiger partial charge in [-0.15, -0.1) is 0 Å². The van der Waals surface area contributed by atoms with Gasteiger partial charge in [-0.05, 0) is 54.5 Å². The van der Waals surface area contributed by atoms with Crippen LogP contribution in [0.1, 0.15) is 11.1 Å². The number of aryl methyl sites for hydroxylation is 1. The number of hydrogen-bond donors (Lipinski definition) is 1. The second-order valence-corrected chi connectivity index (χ2v) is 9.22. The first kappa shape index (κ1) is 27.5. The largest absolute Gasteiger partial charge is 0.447 e. The smallest absolute Gasteiger partial charge is 0.335 e. The van der Waals surface area contributed by atoms with Crippen LogP contribution in [0.15, 0.2) is 54.1 Å². The number of nitrogens with zero attached hydrogens (tertiary/aromatic N) is 3. The molecule has 1 fully saturated rings. The Morgan fingerprint density at radius 2 is 1.59 bits per heavy atom. The molecule has 0 radical (unpaired) electrons. The maximum Gasteiger partial charge on any atom is 0.335 e. The van der Waals surface area contributed by atoms with Crippen molar-refractivity contribution >= 4 is 75.8 Å². The number of benzene rings is 3. The zero-order chi connectivity index (χ0) is 28.6. The minimum Gasteiger partial charge on any atom is -0.447 e. The van der Waals surface area contributed by atoms with Gasteiger partial charge >= 0.3 is 11.7 Å². The zero-order valence-corrected chi connectivity index (χ0v) is 21.7. The van der Waals surface area contributed by atoms with Crippen LogP contribution in [0.5, 0.6) is 11.5 Å². The van der Waals surface area contributed by atoms with Crippen LogP contribution in [0.25, 0.3) is 6.08 Å². The van der Waals surface area contributed by atoms with Gasteiger partial charge in [0.15, 0.2) is 5.75 Å². The third-order valence-electron chi connectivity index (χ3n) is 5.41. The van der Waals surface area contributed by atoms with Crippen molar-refractivity contribution in [3.63, 3.8) is 0 Å². The number of ether oxygens (including phenoxy) is 1. The predicted molar refractivity (Wildman–Crippen MR) is 141 cm³/mol. The van der Waals surface area contributed by atoms with Gasteiger partial charge in [-0.3, -0.25) is 35.1 Å². The highest BCUT2D eigenvalue weighted by molar-refractivity contribution is 6.40. The zero-order valence-electron chi connectivity index (χ0n) is 19.4. The third-order valence-corrected chi connectivity index (χ3v) is 6.20. The van der Waals surface area contributed by atoms with Crippen molar-refractivity contribution < 1.29 is 29.0 Å². The molecule has 0 aromatic heterocycles. The van der Waals surface area contributed by atoms with Gasteiger partial charge in [0.05, 0.1) is 31.6 Å². The lowest BCUT2D eigenvalue weighted by Crippen LogP contribution is -2.54. The van der Waals surface area contributed by atoms with Gasteiger partial charge in [-0.1, -0.05) is 40.9 Å². The molecule has 198 valence electrons. The molecule has 1 aliphatic heterocycles. The SMILES string of the molecule is Cc1ccc(Cl)cc1N1C(=O)NC(=O)/C(=C\c2cc(Cl)c(Oc3ccc([N+](=O)[O-])cc3[N+](=O)[O-])c(Cl)c2)C1=O. The van der Waals surface area contributed by atoms with Crippen LogP contribution < -0.4 is 15.0 Å². The van der Waals surface area contributed by atoms with E-state index in [2.05, 4.69) is 5.32 Å². The topological polar surface area (TPSA) is 162 Å². The van der Waals surface area contributed by atoms with E-state index in [4.69, 9.17) is 39.5 Å². The van der Waals surface area contributed by atoms with Crippen LogP contribution in [-0.4, -0.2) is 27.7 Å². The Hall–Kier alpha value is -4.52. The van der Waals surface area contributed by atoms with E-state index in [1.165, 1.54) is 18.2 Å². The standard InChI is InChI=1S/C24H13Cl3N4O8/c1-11-2-3-13(25)9-18(11)29-23(33)15(22(32)28-24(29)34)6-12-7-16(26)21(17(27)8-12)39-20-5-4-14(30(35)36)10-19(20)31(37)38/h2-10H,1H3,(H,28,32,34)/b15-6+. The molecule has 0 atom stereocenters. The quantitative estimate of drug-likeness (QED) is 0.153. The summed E-state index contributed by atoms with van der Waals surface area (Å²) in [6, 6.07) is 8.89. The molecule has 15 heteroatoms. The summed E-state index contributed by atoms with van der Waals surface area (Å²) in [4.78, 5) is 59.7. The van der Waals surface area contributed by atoms with Crippen LogP contribution >= 0.6 is 34.8 Å². The van der Waals surface area contributed by atoms with E-state index in [1.807, 2.05) is 0 Å². The van der Waals surface area contributed by atoms with Crippen LogP contribution in [-0.2, 0) is 9.59 Å². The Morgan fingerprint density at radius 3 is 2.21 bits per heavy atom. The maximum absolute atomic E-state index is 13.2. The van der Waals surface area contributed by atoms with Gasteiger partial charge in [0, 0.05) is 11.1 Å². The lowest BCUT2D eigenvalue weighted by molar-refractivity contribution is -0.394. The Morgan fingerprint density at radius 1 is 0.923 bits per heavy atom. The number of amides is 4. The van der Waals surface area contributed by atoms with Crippen LogP contribution in [0.2, 0.25) is 15.1 Å². The molecule has 3 aromatic rings. The van der Waals surface area contributed by atoms with Crippen molar-refractivity contribution in [3.05, 3.63) is 101 Å². The van der Waals surface area contributed by atoms with Crippen molar-refractivity contribution in [1.29, 1.82) is 0 Å². The molecule has 1 heterocycles. The van der Waals surface area contributed by atoms with Gasteiger partial charge in [0.2, 0.25) is 5.75 Å². The molecule has 0 spiro atoms. The van der Waals surface area contributed by atoms with E-state index < -0.39 is 44.6 Å². The number of imide groups is 2. The summed E-state index contributed by atoms with van der Waals surface area (Å²) in [6.07, 6.45) is 1.15. The van der Waals surface area contributed by atoms with Gasteiger partial charge in [0.1, 0.15) is 5.57 Å². The number of rotatable bonds is 6. The third kappa shape index (κ3) is 5.53. The Balaban J connectivity index is 1.70. The fourth-order valence-corrected chi connectivity index (χ4v) is 4.33. The average Bonchev–Trinajstić information content (AvgIpc) is 2.85. The van der Waals surface area contributed by atoms with Gasteiger partial charge in [-0.2, -0.15) is 0 Å². The number of urea groups is 1. The molecule has 0 unspecified atom stereocenters. The predicted octanol–water partition coefficient (Wildman–Crippen LogP) is 6.23. The minimum atomic E-state index is -0.963. The van der Waals surface area contributed by atoms with E-state index in [-0.39, 0.29) is 37.8 Å². The van der Waals surface area contributed by atoms with E-state index in [0.29, 0.717) is 5.56 Å². The number of barbiturate groups is 1. The normalized spacial score (nSPS) is 14.4. The molecule has 4 amide bonds. The molecule has 0 saturated carbocycles. The molecule has 4 rings (SSSR count). The van der Waals surface area contributed by atoms with Gasteiger partial charge < -0.3 is 4.74 Å². The summed E-state index contributed by atoms with van der Waals surface area (Å²) in [7, 11) is 0. The second kappa shape index (κ2) is 10.7. The van der Waals surface area contributed by atoms with E-state index in [1.54, 1.807) is 19.1 Å². The summed E-state index contributed by atoms with van der Waals surface area (Å²) in [5.41, 5.74) is -0.762. The van der Waals surface area contributed by atoms with Crippen LogP contribution in [0.3, 0.4) is 0 Å². The van der Waals surface area contributed by atoms with Crippen molar-refractivity contribution in [2.75, 3.05) is 4.90 Å². The number of halogens is 3. The first-order valence-electron chi connectivity index (χ1n) is 10.6. The van der Waals surface area contributed by atoms with Crippen LogP contribution in [0, 0.1) is 27.2 Å². The molecular weight excluding hydrogens is 579 g/mol. The highest BCUT2D eigenvalue weighted by Gasteiger charge is 2.37. The van der Waals surface area contributed by atoms with E-state index >= 15 is 0 Å². The lowest BCUT2D eigenvalue weighted by atomic mass is 10.1. The lowest BCUT2D eigenvalue weighted by Gasteiger charge is -2.27. The van der Waals surface area contributed by atoms with E-state index in [9.17, 15) is 34.6 Å². The Bertz CT molecular complexity index is 1620.